The van der Waals surface area contributed by atoms with Gasteiger partial charge in [-0.15, -0.1) is 6.42 Å². The lowest BCUT2D eigenvalue weighted by molar-refractivity contribution is -0.0281. The van der Waals surface area contributed by atoms with Gasteiger partial charge >= 0.3 is 0 Å². The fourth-order valence-corrected chi connectivity index (χ4v) is 3.00. The number of rotatable bonds is 38. The zero-order valence-corrected chi connectivity index (χ0v) is 26.1. The molecule has 0 aliphatic carbocycles. The van der Waals surface area contributed by atoms with E-state index in [9.17, 15) is 0 Å². The standard InChI is InChI=1S/C30H58O12/c1-3-5-6-8-32-10-12-34-14-16-36-18-20-38-22-24-40-26-28-42-30-29-41-27-25-39-23-21-37-19-17-35-15-13-33-11-9-31-7-4-2/h2H,3,5-30H2,1H3. The van der Waals surface area contributed by atoms with Crippen LogP contribution in [0.25, 0.3) is 0 Å². The van der Waals surface area contributed by atoms with Crippen LogP contribution in [-0.2, 0) is 56.8 Å². The molecule has 12 heteroatoms. The molecular weight excluding hydrogens is 552 g/mol. The highest BCUT2D eigenvalue weighted by molar-refractivity contribution is 4.82. The molecule has 0 unspecified atom stereocenters. The monoisotopic (exact) mass is 610 g/mol. The second-order valence-electron chi connectivity index (χ2n) is 8.70. The summed E-state index contributed by atoms with van der Waals surface area (Å²) < 4.78 is 65.0. The third-order valence-electron chi connectivity index (χ3n) is 5.17. The molecule has 0 aromatic rings. The van der Waals surface area contributed by atoms with E-state index in [2.05, 4.69) is 12.8 Å². The van der Waals surface area contributed by atoms with Crippen molar-refractivity contribution in [2.45, 2.75) is 26.2 Å². The van der Waals surface area contributed by atoms with Crippen LogP contribution in [0.1, 0.15) is 26.2 Å². The number of hydrogen-bond donors (Lipinski definition) is 0. The summed E-state index contributed by atoms with van der Waals surface area (Å²) in [5, 5.41) is 0. The lowest BCUT2D eigenvalue weighted by Crippen LogP contribution is -2.15. The molecule has 0 saturated heterocycles. The molecule has 0 spiro atoms. The van der Waals surface area contributed by atoms with Crippen molar-refractivity contribution in [2.24, 2.45) is 0 Å². The van der Waals surface area contributed by atoms with Crippen LogP contribution < -0.4 is 0 Å². The van der Waals surface area contributed by atoms with Crippen molar-refractivity contribution >= 4 is 0 Å². The molecule has 0 aromatic carbocycles. The Balaban J connectivity index is 3.02. The zero-order chi connectivity index (χ0) is 30.3. The summed E-state index contributed by atoms with van der Waals surface area (Å²) in [6.07, 6.45) is 8.62. The van der Waals surface area contributed by atoms with Gasteiger partial charge in [0.25, 0.3) is 0 Å². The van der Waals surface area contributed by atoms with Gasteiger partial charge in [-0.2, -0.15) is 0 Å². The first-order valence-electron chi connectivity index (χ1n) is 15.3. The Bertz CT molecular complexity index is 521. The number of unbranched alkanes of at least 4 members (excludes halogenated alkanes) is 2. The Morgan fingerprint density at radius 3 is 0.738 bits per heavy atom. The van der Waals surface area contributed by atoms with E-state index >= 15 is 0 Å². The lowest BCUT2D eigenvalue weighted by atomic mass is 10.3. The van der Waals surface area contributed by atoms with Crippen molar-refractivity contribution in [3.05, 3.63) is 0 Å². The lowest BCUT2D eigenvalue weighted by Gasteiger charge is -2.09. The first-order chi connectivity index (χ1) is 20.9. The van der Waals surface area contributed by atoms with Crippen LogP contribution >= 0.6 is 0 Å². The largest absolute Gasteiger partial charge is 0.379 e. The Labute approximate surface area is 254 Å². The van der Waals surface area contributed by atoms with E-state index in [-0.39, 0.29) is 0 Å². The number of terminal acetylenes is 1. The fraction of sp³-hybridized carbons (Fsp3) is 0.933. The van der Waals surface area contributed by atoms with E-state index in [1.165, 1.54) is 12.8 Å². The maximum atomic E-state index is 5.48. The summed E-state index contributed by atoms with van der Waals surface area (Å²) in [5.74, 6) is 2.40. The Hall–Kier alpha value is -0.920. The predicted molar refractivity (Wildman–Crippen MR) is 158 cm³/mol. The molecule has 0 heterocycles. The molecule has 12 nitrogen and oxygen atoms in total. The van der Waals surface area contributed by atoms with Crippen LogP contribution in [0.15, 0.2) is 0 Å². The highest BCUT2D eigenvalue weighted by atomic mass is 16.6. The predicted octanol–water partition coefficient (Wildman–Crippen LogP) is 2.01. The van der Waals surface area contributed by atoms with E-state index in [1.54, 1.807) is 0 Å². The van der Waals surface area contributed by atoms with Crippen molar-refractivity contribution < 1.29 is 56.8 Å². The van der Waals surface area contributed by atoms with Gasteiger partial charge in [-0.3, -0.25) is 0 Å². The molecule has 42 heavy (non-hydrogen) atoms. The second-order valence-corrected chi connectivity index (χ2v) is 8.70. The highest BCUT2D eigenvalue weighted by Crippen LogP contribution is 1.94. The quantitative estimate of drug-likeness (QED) is 0.0753. The minimum absolute atomic E-state index is 0.309. The summed E-state index contributed by atoms with van der Waals surface area (Å²) in [5.41, 5.74) is 0. The van der Waals surface area contributed by atoms with Gasteiger partial charge in [-0.05, 0) is 6.42 Å². The van der Waals surface area contributed by atoms with E-state index in [1.807, 2.05) is 0 Å². The van der Waals surface area contributed by atoms with Gasteiger partial charge < -0.3 is 56.8 Å². The molecule has 250 valence electrons. The smallest absolute Gasteiger partial charge is 0.107 e. The normalized spacial score (nSPS) is 11.3. The maximum Gasteiger partial charge on any atom is 0.107 e. The maximum absolute atomic E-state index is 5.48. The second kappa shape index (κ2) is 40.1. The molecule has 0 saturated carbocycles. The minimum atomic E-state index is 0.309. The molecule has 0 aromatic heterocycles. The molecule has 0 bridgehead atoms. The van der Waals surface area contributed by atoms with Crippen LogP contribution in [0.4, 0.5) is 0 Å². The average molecular weight is 611 g/mol. The fourth-order valence-electron chi connectivity index (χ4n) is 3.00. The van der Waals surface area contributed by atoms with E-state index in [0.717, 1.165) is 13.0 Å². The minimum Gasteiger partial charge on any atom is -0.379 e. The van der Waals surface area contributed by atoms with Gasteiger partial charge in [0.1, 0.15) is 6.61 Å². The third-order valence-corrected chi connectivity index (χ3v) is 5.17. The third kappa shape index (κ3) is 39.1. The van der Waals surface area contributed by atoms with Crippen LogP contribution in [0.5, 0.6) is 0 Å². The van der Waals surface area contributed by atoms with Crippen LogP contribution in [-0.4, -0.2) is 159 Å². The molecule has 0 radical (unpaired) electrons. The van der Waals surface area contributed by atoms with Crippen molar-refractivity contribution in [3.8, 4) is 12.3 Å². The summed E-state index contributed by atoms with van der Waals surface area (Å²) in [4.78, 5) is 0. The van der Waals surface area contributed by atoms with Crippen LogP contribution in [0.2, 0.25) is 0 Å². The number of hydrogen-bond acceptors (Lipinski definition) is 12. The molecule has 0 N–H and O–H groups in total. The molecule has 0 fully saturated rings. The van der Waals surface area contributed by atoms with Gasteiger partial charge in [-0.25, -0.2) is 0 Å². The van der Waals surface area contributed by atoms with Gasteiger partial charge in [0.2, 0.25) is 0 Å². The molecule has 0 rings (SSSR count). The Kier molecular flexibility index (Phi) is 39.2. The first kappa shape index (κ1) is 41.1. The molecular formula is C30H58O12. The SMILES string of the molecule is C#CCOCCOCCOCCOCCOCCOCCOCCOCCOCCOCCOCCOCCCCC. The van der Waals surface area contributed by atoms with E-state index in [4.69, 9.17) is 63.3 Å². The van der Waals surface area contributed by atoms with Crippen LogP contribution in [0, 0.1) is 12.3 Å². The summed E-state index contributed by atoms with van der Waals surface area (Å²) in [7, 11) is 0. The number of ether oxygens (including phenoxy) is 12. The first-order valence-corrected chi connectivity index (χ1v) is 15.3. The molecule has 0 atom stereocenters. The summed E-state index contributed by atoms with van der Waals surface area (Å²) in [6.45, 7) is 15.0. The van der Waals surface area contributed by atoms with Crippen molar-refractivity contribution in [1.82, 2.24) is 0 Å². The van der Waals surface area contributed by atoms with Gasteiger partial charge in [0, 0.05) is 6.61 Å². The van der Waals surface area contributed by atoms with Crippen molar-refractivity contribution in [1.29, 1.82) is 0 Å². The molecule has 0 aliphatic heterocycles. The van der Waals surface area contributed by atoms with Crippen LogP contribution in [0.3, 0.4) is 0 Å². The van der Waals surface area contributed by atoms with Crippen molar-refractivity contribution in [2.75, 3.05) is 159 Å². The summed E-state index contributed by atoms with van der Waals surface area (Å²) in [6, 6.07) is 0. The van der Waals surface area contributed by atoms with Gasteiger partial charge in [0.05, 0.1) is 145 Å². The van der Waals surface area contributed by atoms with E-state index < -0.39 is 0 Å². The Morgan fingerprint density at radius 1 is 0.310 bits per heavy atom. The van der Waals surface area contributed by atoms with Gasteiger partial charge in [-0.1, -0.05) is 25.7 Å². The highest BCUT2D eigenvalue weighted by Gasteiger charge is 1.96. The Morgan fingerprint density at radius 2 is 0.524 bits per heavy atom. The molecule has 0 amide bonds. The van der Waals surface area contributed by atoms with Gasteiger partial charge in [0.15, 0.2) is 0 Å². The molecule has 0 aliphatic rings. The topological polar surface area (TPSA) is 111 Å². The average Bonchev–Trinajstić information content (AvgIpc) is 3.00. The summed E-state index contributed by atoms with van der Waals surface area (Å²) >= 11 is 0. The zero-order valence-electron chi connectivity index (χ0n) is 26.1. The van der Waals surface area contributed by atoms with E-state index in [0.29, 0.717) is 152 Å². The van der Waals surface area contributed by atoms with Crippen molar-refractivity contribution in [3.63, 3.8) is 0 Å².